The first-order chi connectivity index (χ1) is 6.65. The van der Waals surface area contributed by atoms with Crippen LogP contribution in [0, 0.1) is 0 Å². The maximum absolute atomic E-state index is 10.8. The van der Waals surface area contributed by atoms with Gasteiger partial charge in [-0.3, -0.25) is 4.79 Å². The van der Waals surface area contributed by atoms with E-state index in [9.17, 15) is 15.0 Å². The largest absolute Gasteiger partial charge is 0.507 e. The van der Waals surface area contributed by atoms with Gasteiger partial charge in [-0.2, -0.15) is 0 Å². The summed E-state index contributed by atoms with van der Waals surface area (Å²) in [4.78, 5) is 10.8. The van der Waals surface area contributed by atoms with E-state index in [0.717, 1.165) is 0 Å². The summed E-state index contributed by atoms with van der Waals surface area (Å²) < 4.78 is 4.62. The van der Waals surface area contributed by atoms with Crippen LogP contribution in [0.15, 0.2) is 24.3 Å². The molecule has 0 aliphatic heterocycles. The van der Waals surface area contributed by atoms with Gasteiger partial charge in [0, 0.05) is 6.42 Å². The SMILES string of the molecule is CCC(=O)OC(O)c1ccccc1O. The number of hydrogen-bond acceptors (Lipinski definition) is 4. The first kappa shape index (κ1) is 10.5. The first-order valence-corrected chi connectivity index (χ1v) is 4.30. The number of ether oxygens (including phenoxy) is 1. The molecule has 1 rings (SSSR count). The third-order valence-electron chi connectivity index (χ3n) is 1.73. The lowest BCUT2D eigenvalue weighted by atomic mass is 10.2. The number of aliphatic hydroxyl groups is 1. The zero-order valence-corrected chi connectivity index (χ0v) is 7.80. The Kier molecular flexibility index (Phi) is 3.48. The van der Waals surface area contributed by atoms with Crippen molar-refractivity contribution in [2.24, 2.45) is 0 Å². The zero-order chi connectivity index (χ0) is 10.6. The summed E-state index contributed by atoms with van der Waals surface area (Å²) >= 11 is 0. The van der Waals surface area contributed by atoms with Crippen LogP contribution in [-0.2, 0) is 9.53 Å². The van der Waals surface area contributed by atoms with Gasteiger partial charge in [0.1, 0.15) is 5.75 Å². The van der Waals surface area contributed by atoms with Crippen molar-refractivity contribution >= 4 is 5.97 Å². The Balaban J connectivity index is 2.74. The lowest BCUT2D eigenvalue weighted by Gasteiger charge is -2.12. The summed E-state index contributed by atoms with van der Waals surface area (Å²) in [6, 6.07) is 6.16. The molecule has 0 aliphatic rings. The standard InChI is InChI=1S/C10H12O4/c1-2-9(12)14-10(13)7-5-3-4-6-8(7)11/h3-6,10-11,13H,2H2,1H3. The quantitative estimate of drug-likeness (QED) is 0.565. The van der Waals surface area contributed by atoms with Gasteiger partial charge >= 0.3 is 5.97 Å². The molecular weight excluding hydrogens is 184 g/mol. The van der Waals surface area contributed by atoms with E-state index in [1.54, 1.807) is 19.1 Å². The highest BCUT2D eigenvalue weighted by Gasteiger charge is 2.14. The Bertz CT molecular complexity index is 322. The molecule has 0 spiro atoms. The van der Waals surface area contributed by atoms with Gasteiger partial charge in [-0.05, 0) is 12.1 Å². The molecule has 0 aliphatic carbocycles. The minimum atomic E-state index is -1.40. The van der Waals surface area contributed by atoms with E-state index in [4.69, 9.17) is 0 Å². The Hall–Kier alpha value is -1.55. The van der Waals surface area contributed by atoms with Crippen LogP contribution in [0.4, 0.5) is 0 Å². The Morgan fingerprint density at radius 2 is 2.14 bits per heavy atom. The molecule has 0 heterocycles. The van der Waals surface area contributed by atoms with Gasteiger partial charge in [0.05, 0.1) is 5.56 Å². The summed E-state index contributed by atoms with van der Waals surface area (Å²) in [6.45, 7) is 1.62. The Morgan fingerprint density at radius 3 is 2.71 bits per heavy atom. The number of phenolic OH excluding ortho intramolecular Hbond substituents is 1. The number of aliphatic hydroxyl groups excluding tert-OH is 1. The molecular formula is C10H12O4. The number of carbonyl (C=O) groups excluding carboxylic acids is 1. The molecule has 0 bridgehead atoms. The van der Waals surface area contributed by atoms with Gasteiger partial charge in [0.2, 0.25) is 6.29 Å². The third-order valence-corrected chi connectivity index (χ3v) is 1.73. The second-order valence-corrected chi connectivity index (χ2v) is 2.75. The molecule has 0 fully saturated rings. The second kappa shape index (κ2) is 4.62. The second-order valence-electron chi connectivity index (χ2n) is 2.75. The van der Waals surface area contributed by atoms with Crippen molar-refractivity contribution in [2.45, 2.75) is 19.6 Å². The maximum Gasteiger partial charge on any atom is 0.308 e. The van der Waals surface area contributed by atoms with E-state index in [-0.39, 0.29) is 17.7 Å². The fourth-order valence-corrected chi connectivity index (χ4v) is 0.968. The maximum atomic E-state index is 10.8. The van der Waals surface area contributed by atoms with Crippen LogP contribution in [0.5, 0.6) is 5.75 Å². The summed E-state index contributed by atoms with van der Waals surface area (Å²) in [5.41, 5.74) is 0.189. The van der Waals surface area contributed by atoms with Crippen molar-refractivity contribution in [3.8, 4) is 5.75 Å². The van der Waals surface area contributed by atoms with E-state index >= 15 is 0 Å². The van der Waals surface area contributed by atoms with Crippen LogP contribution in [0.3, 0.4) is 0 Å². The minimum absolute atomic E-state index is 0.0936. The fourth-order valence-electron chi connectivity index (χ4n) is 0.968. The molecule has 0 saturated carbocycles. The molecule has 4 nitrogen and oxygen atoms in total. The predicted molar refractivity (Wildman–Crippen MR) is 49.4 cm³/mol. The summed E-state index contributed by atoms with van der Waals surface area (Å²) in [5.74, 6) is -0.607. The number of benzene rings is 1. The van der Waals surface area contributed by atoms with Gasteiger partial charge in [0.15, 0.2) is 0 Å². The number of esters is 1. The smallest absolute Gasteiger partial charge is 0.308 e. The number of hydrogen-bond donors (Lipinski definition) is 2. The molecule has 0 aromatic heterocycles. The molecule has 1 unspecified atom stereocenters. The van der Waals surface area contributed by atoms with Crippen molar-refractivity contribution in [2.75, 3.05) is 0 Å². The number of rotatable bonds is 3. The lowest BCUT2D eigenvalue weighted by Crippen LogP contribution is -2.09. The summed E-state index contributed by atoms with van der Waals surface area (Å²) in [6.07, 6.45) is -1.21. The average Bonchev–Trinajstić information content (AvgIpc) is 2.18. The van der Waals surface area contributed by atoms with Crippen molar-refractivity contribution < 1.29 is 19.7 Å². The molecule has 14 heavy (non-hydrogen) atoms. The zero-order valence-electron chi connectivity index (χ0n) is 7.80. The number of phenols is 1. The first-order valence-electron chi connectivity index (χ1n) is 4.30. The van der Waals surface area contributed by atoms with Crippen molar-refractivity contribution in [3.63, 3.8) is 0 Å². The van der Waals surface area contributed by atoms with Gasteiger partial charge in [-0.15, -0.1) is 0 Å². The monoisotopic (exact) mass is 196 g/mol. The highest BCUT2D eigenvalue weighted by molar-refractivity contribution is 5.69. The van der Waals surface area contributed by atoms with Gasteiger partial charge in [-0.1, -0.05) is 19.1 Å². The molecule has 1 atom stereocenters. The van der Waals surface area contributed by atoms with E-state index in [1.165, 1.54) is 12.1 Å². The van der Waals surface area contributed by atoms with E-state index in [0.29, 0.717) is 0 Å². The van der Waals surface area contributed by atoms with Crippen LogP contribution in [0.1, 0.15) is 25.2 Å². The minimum Gasteiger partial charge on any atom is -0.507 e. The van der Waals surface area contributed by atoms with Crippen molar-refractivity contribution in [1.29, 1.82) is 0 Å². The number of para-hydroxylation sites is 1. The molecule has 1 aromatic carbocycles. The molecule has 0 amide bonds. The molecule has 2 N–H and O–H groups in total. The molecule has 0 saturated heterocycles. The van der Waals surface area contributed by atoms with Crippen LogP contribution in [0.2, 0.25) is 0 Å². The summed E-state index contributed by atoms with van der Waals surface area (Å²) in [5, 5.41) is 18.7. The topological polar surface area (TPSA) is 66.8 Å². The predicted octanol–water partition coefficient (Wildman–Crippen LogP) is 1.34. The Labute approximate surface area is 81.8 Å². The van der Waals surface area contributed by atoms with Crippen LogP contribution in [-0.4, -0.2) is 16.2 Å². The third kappa shape index (κ3) is 2.47. The highest BCUT2D eigenvalue weighted by Crippen LogP contribution is 2.24. The van der Waals surface area contributed by atoms with Crippen LogP contribution < -0.4 is 0 Å². The Morgan fingerprint density at radius 1 is 1.50 bits per heavy atom. The van der Waals surface area contributed by atoms with E-state index in [2.05, 4.69) is 4.74 Å². The lowest BCUT2D eigenvalue weighted by molar-refractivity contribution is -0.168. The van der Waals surface area contributed by atoms with Crippen LogP contribution in [0.25, 0.3) is 0 Å². The molecule has 0 radical (unpaired) electrons. The van der Waals surface area contributed by atoms with Crippen LogP contribution >= 0.6 is 0 Å². The molecule has 1 aromatic rings. The van der Waals surface area contributed by atoms with Crippen molar-refractivity contribution in [1.82, 2.24) is 0 Å². The highest BCUT2D eigenvalue weighted by atomic mass is 16.6. The van der Waals surface area contributed by atoms with E-state index < -0.39 is 12.3 Å². The van der Waals surface area contributed by atoms with E-state index in [1.807, 2.05) is 0 Å². The summed E-state index contributed by atoms with van der Waals surface area (Å²) in [7, 11) is 0. The van der Waals surface area contributed by atoms with Gasteiger partial charge in [-0.25, -0.2) is 0 Å². The number of carbonyl (C=O) groups is 1. The van der Waals surface area contributed by atoms with Crippen molar-refractivity contribution in [3.05, 3.63) is 29.8 Å². The van der Waals surface area contributed by atoms with Gasteiger partial charge < -0.3 is 14.9 Å². The molecule has 76 valence electrons. The van der Waals surface area contributed by atoms with Gasteiger partial charge in [0.25, 0.3) is 0 Å². The average molecular weight is 196 g/mol. The molecule has 4 heteroatoms. The fraction of sp³-hybridized carbons (Fsp3) is 0.300. The normalized spacial score (nSPS) is 12.1. The number of aromatic hydroxyl groups is 1.